The Bertz CT molecular complexity index is 373. The fraction of sp³-hybridized carbons (Fsp3) is 0.786. The second-order valence-corrected chi connectivity index (χ2v) is 5.71. The molecule has 0 atom stereocenters. The van der Waals surface area contributed by atoms with Gasteiger partial charge in [0.05, 0.1) is 5.41 Å². The second kappa shape index (κ2) is 7.26. The molecule has 1 rings (SSSR count). The fourth-order valence-electron chi connectivity index (χ4n) is 2.60. The SMILES string of the molecule is CN(C)C(=O)CCNC(=O)CC1(C(=O)O)CCCCC1. The predicted molar refractivity (Wildman–Crippen MR) is 74.1 cm³/mol. The minimum Gasteiger partial charge on any atom is -0.481 e. The van der Waals surface area contributed by atoms with Gasteiger partial charge in [-0.1, -0.05) is 19.3 Å². The van der Waals surface area contributed by atoms with Gasteiger partial charge < -0.3 is 15.3 Å². The van der Waals surface area contributed by atoms with Gasteiger partial charge in [0.25, 0.3) is 0 Å². The van der Waals surface area contributed by atoms with Crippen molar-refractivity contribution in [2.45, 2.75) is 44.9 Å². The minimum absolute atomic E-state index is 0.0124. The van der Waals surface area contributed by atoms with Crippen molar-refractivity contribution in [3.05, 3.63) is 0 Å². The molecule has 1 saturated carbocycles. The summed E-state index contributed by atoms with van der Waals surface area (Å²) in [7, 11) is 3.32. The van der Waals surface area contributed by atoms with Crippen LogP contribution in [0.4, 0.5) is 0 Å². The first kappa shape index (κ1) is 16.5. The van der Waals surface area contributed by atoms with E-state index >= 15 is 0 Å². The third-order valence-corrected chi connectivity index (χ3v) is 3.92. The summed E-state index contributed by atoms with van der Waals surface area (Å²) < 4.78 is 0. The first-order valence-corrected chi connectivity index (χ1v) is 7.08. The summed E-state index contributed by atoms with van der Waals surface area (Å²) in [5.74, 6) is -1.21. The van der Waals surface area contributed by atoms with Gasteiger partial charge in [0, 0.05) is 33.5 Å². The van der Waals surface area contributed by atoms with Gasteiger partial charge in [-0.2, -0.15) is 0 Å². The van der Waals surface area contributed by atoms with E-state index < -0.39 is 11.4 Å². The van der Waals surface area contributed by atoms with Crippen molar-refractivity contribution in [3.63, 3.8) is 0 Å². The van der Waals surface area contributed by atoms with Crippen LogP contribution in [0.25, 0.3) is 0 Å². The Morgan fingerprint density at radius 2 is 1.75 bits per heavy atom. The lowest BCUT2D eigenvalue weighted by molar-refractivity contribution is -0.154. The van der Waals surface area contributed by atoms with E-state index in [0.29, 0.717) is 12.8 Å². The van der Waals surface area contributed by atoms with E-state index in [1.54, 1.807) is 14.1 Å². The Morgan fingerprint density at radius 1 is 1.15 bits per heavy atom. The van der Waals surface area contributed by atoms with E-state index in [1.165, 1.54) is 4.90 Å². The molecule has 1 aliphatic rings. The standard InChI is InChI=1S/C14H24N2O4/c1-16(2)12(18)6-9-15-11(17)10-14(13(19)20)7-4-3-5-8-14/h3-10H2,1-2H3,(H,15,17)(H,19,20). The molecule has 2 amide bonds. The van der Waals surface area contributed by atoms with Crippen molar-refractivity contribution in [2.75, 3.05) is 20.6 Å². The molecule has 20 heavy (non-hydrogen) atoms. The zero-order chi connectivity index (χ0) is 15.2. The van der Waals surface area contributed by atoms with Crippen LogP contribution in [-0.4, -0.2) is 48.4 Å². The molecule has 0 heterocycles. The van der Waals surface area contributed by atoms with Crippen LogP contribution >= 0.6 is 0 Å². The topological polar surface area (TPSA) is 86.7 Å². The number of hydrogen-bond donors (Lipinski definition) is 2. The van der Waals surface area contributed by atoms with Gasteiger partial charge in [-0.3, -0.25) is 14.4 Å². The summed E-state index contributed by atoms with van der Waals surface area (Å²) in [5.41, 5.74) is -0.909. The molecule has 114 valence electrons. The zero-order valence-corrected chi connectivity index (χ0v) is 12.3. The molecule has 0 aromatic carbocycles. The molecule has 6 nitrogen and oxygen atoms in total. The molecule has 2 N–H and O–H groups in total. The van der Waals surface area contributed by atoms with Crippen LogP contribution in [0.15, 0.2) is 0 Å². The second-order valence-electron chi connectivity index (χ2n) is 5.71. The van der Waals surface area contributed by atoms with Gasteiger partial charge in [-0.25, -0.2) is 0 Å². The molecule has 1 fully saturated rings. The molecule has 0 radical (unpaired) electrons. The third kappa shape index (κ3) is 4.51. The van der Waals surface area contributed by atoms with Gasteiger partial charge in [-0.05, 0) is 12.8 Å². The maximum Gasteiger partial charge on any atom is 0.310 e. The van der Waals surface area contributed by atoms with E-state index in [4.69, 9.17) is 0 Å². The van der Waals surface area contributed by atoms with Crippen molar-refractivity contribution >= 4 is 17.8 Å². The first-order chi connectivity index (χ1) is 9.37. The molecule has 0 aliphatic heterocycles. The van der Waals surface area contributed by atoms with Crippen molar-refractivity contribution in [3.8, 4) is 0 Å². The lowest BCUT2D eigenvalue weighted by Gasteiger charge is -2.32. The van der Waals surface area contributed by atoms with E-state index in [9.17, 15) is 19.5 Å². The Balaban J connectivity index is 2.43. The maximum atomic E-state index is 11.9. The highest BCUT2D eigenvalue weighted by Gasteiger charge is 2.41. The predicted octanol–water partition coefficient (Wildman–Crippen LogP) is 1.01. The molecule has 0 aromatic rings. The van der Waals surface area contributed by atoms with Crippen LogP contribution < -0.4 is 5.32 Å². The summed E-state index contributed by atoms with van der Waals surface area (Å²) >= 11 is 0. The van der Waals surface area contributed by atoms with Crippen LogP contribution in [0.3, 0.4) is 0 Å². The monoisotopic (exact) mass is 284 g/mol. The number of aliphatic carboxylic acids is 1. The smallest absolute Gasteiger partial charge is 0.310 e. The molecule has 1 aliphatic carbocycles. The van der Waals surface area contributed by atoms with Crippen LogP contribution in [0.2, 0.25) is 0 Å². The number of carboxylic acids is 1. The summed E-state index contributed by atoms with van der Waals surface area (Å²) in [4.78, 5) is 36.1. The molecule has 0 unspecified atom stereocenters. The lowest BCUT2D eigenvalue weighted by Crippen LogP contribution is -2.40. The Labute approximate surface area is 119 Å². The third-order valence-electron chi connectivity index (χ3n) is 3.92. The lowest BCUT2D eigenvalue weighted by atomic mass is 9.71. The van der Waals surface area contributed by atoms with Crippen molar-refractivity contribution in [1.82, 2.24) is 10.2 Å². The van der Waals surface area contributed by atoms with E-state index in [1.807, 2.05) is 0 Å². The molecule has 0 aromatic heterocycles. The van der Waals surface area contributed by atoms with E-state index in [0.717, 1.165) is 19.3 Å². The van der Waals surface area contributed by atoms with Crippen LogP contribution in [0, 0.1) is 5.41 Å². The molecule has 0 bridgehead atoms. The average molecular weight is 284 g/mol. The fourth-order valence-corrected chi connectivity index (χ4v) is 2.60. The van der Waals surface area contributed by atoms with Crippen LogP contribution in [0.5, 0.6) is 0 Å². The number of carboxylic acid groups (broad SMARTS) is 1. The summed E-state index contributed by atoms with van der Waals surface area (Å²) in [6.07, 6.45) is 4.13. The van der Waals surface area contributed by atoms with Crippen molar-refractivity contribution in [2.24, 2.45) is 5.41 Å². The normalized spacial score (nSPS) is 17.3. The van der Waals surface area contributed by atoms with Crippen LogP contribution in [-0.2, 0) is 14.4 Å². The van der Waals surface area contributed by atoms with E-state index in [-0.39, 0.29) is 31.2 Å². The summed E-state index contributed by atoms with van der Waals surface area (Å²) in [5, 5.41) is 12.0. The van der Waals surface area contributed by atoms with Gasteiger partial charge in [0.1, 0.15) is 0 Å². The highest BCUT2D eigenvalue weighted by Crippen LogP contribution is 2.39. The molecule has 0 saturated heterocycles. The van der Waals surface area contributed by atoms with Crippen molar-refractivity contribution < 1.29 is 19.5 Å². The number of nitrogens with zero attached hydrogens (tertiary/aromatic N) is 1. The zero-order valence-electron chi connectivity index (χ0n) is 12.3. The number of hydrogen-bond acceptors (Lipinski definition) is 3. The quantitative estimate of drug-likeness (QED) is 0.762. The number of carbonyl (C=O) groups is 3. The Kier molecular flexibility index (Phi) is 5.98. The molecule has 0 spiro atoms. The summed E-state index contributed by atoms with van der Waals surface area (Å²) in [6, 6.07) is 0. The first-order valence-electron chi connectivity index (χ1n) is 7.08. The van der Waals surface area contributed by atoms with Crippen LogP contribution in [0.1, 0.15) is 44.9 Å². The number of nitrogens with one attached hydrogen (secondary N) is 1. The molecular formula is C14H24N2O4. The van der Waals surface area contributed by atoms with Gasteiger partial charge in [0.2, 0.25) is 11.8 Å². The highest BCUT2D eigenvalue weighted by molar-refractivity contribution is 5.85. The van der Waals surface area contributed by atoms with Gasteiger partial charge in [0.15, 0.2) is 0 Å². The Morgan fingerprint density at radius 3 is 2.25 bits per heavy atom. The van der Waals surface area contributed by atoms with Crippen molar-refractivity contribution in [1.29, 1.82) is 0 Å². The maximum absolute atomic E-state index is 11.9. The highest BCUT2D eigenvalue weighted by atomic mass is 16.4. The Hall–Kier alpha value is -1.59. The molecule has 6 heteroatoms. The number of rotatable bonds is 6. The number of amides is 2. The summed E-state index contributed by atoms with van der Waals surface area (Å²) in [6.45, 7) is 0.256. The average Bonchev–Trinajstić information content (AvgIpc) is 2.39. The largest absolute Gasteiger partial charge is 0.481 e. The molecular weight excluding hydrogens is 260 g/mol. The van der Waals surface area contributed by atoms with Gasteiger partial charge >= 0.3 is 5.97 Å². The number of carbonyl (C=O) groups excluding carboxylic acids is 2. The minimum atomic E-state index is -0.909. The van der Waals surface area contributed by atoms with E-state index in [2.05, 4.69) is 5.32 Å². The van der Waals surface area contributed by atoms with Gasteiger partial charge in [-0.15, -0.1) is 0 Å².